The van der Waals surface area contributed by atoms with Crippen molar-refractivity contribution in [2.24, 2.45) is 0 Å². The monoisotopic (exact) mass is 302 g/mol. The Bertz CT molecular complexity index is 611. The lowest BCUT2D eigenvalue weighted by Crippen LogP contribution is -2.23. The van der Waals surface area contributed by atoms with Crippen LogP contribution in [0.25, 0.3) is 0 Å². The summed E-state index contributed by atoms with van der Waals surface area (Å²) < 4.78 is 10.9. The predicted octanol–water partition coefficient (Wildman–Crippen LogP) is 1.95. The van der Waals surface area contributed by atoms with Crippen LogP contribution in [0.3, 0.4) is 0 Å². The number of nitrogens with one attached hydrogen (secondary N) is 1. The van der Waals surface area contributed by atoms with Gasteiger partial charge < -0.3 is 5.32 Å². The Balaban J connectivity index is 1.78. The molecule has 0 saturated carbocycles. The second kappa shape index (κ2) is 7.79. The molecule has 0 aromatic heterocycles. The molecule has 0 aliphatic heterocycles. The zero-order chi connectivity index (χ0) is 15.1. The zero-order valence-electron chi connectivity index (χ0n) is 11.5. The summed E-state index contributed by atoms with van der Waals surface area (Å²) >= 11 is 0. The van der Waals surface area contributed by atoms with Crippen molar-refractivity contribution in [3.05, 3.63) is 65.7 Å². The number of carbonyl (C=O) groups excluding carboxylic acids is 1. The third-order valence-corrected chi connectivity index (χ3v) is 3.79. The van der Waals surface area contributed by atoms with Gasteiger partial charge in [0.05, 0.1) is 6.54 Å². The van der Waals surface area contributed by atoms with E-state index in [1.807, 2.05) is 30.3 Å². The molecule has 1 atom stereocenters. The molecule has 0 fully saturated rings. The normalized spacial score (nSPS) is 11.2. The van der Waals surface area contributed by atoms with Gasteiger partial charge in [-0.2, -0.15) is 4.89 Å². The van der Waals surface area contributed by atoms with Crippen LogP contribution >= 0.6 is 8.03 Å². The number of carbonyl (C=O) groups is 1. The maximum absolute atomic E-state index is 11.9. The minimum absolute atomic E-state index is 0.0899. The number of hydrogen-bond acceptors (Lipinski definition) is 3. The fraction of sp³-hybridized carbons (Fsp3) is 0.188. The first-order valence-electron chi connectivity index (χ1n) is 6.66. The molecule has 1 unspecified atom stereocenters. The molecule has 0 aliphatic carbocycles. The van der Waals surface area contributed by atoms with Gasteiger partial charge in [0.25, 0.3) is 0 Å². The van der Waals surface area contributed by atoms with E-state index in [9.17, 15) is 9.36 Å². The fourth-order valence-corrected chi connectivity index (χ4v) is 2.38. The predicted molar refractivity (Wildman–Crippen MR) is 82.8 cm³/mol. The van der Waals surface area contributed by atoms with Gasteiger partial charge in [-0.1, -0.05) is 42.5 Å². The highest BCUT2D eigenvalue weighted by Gasteiger charge is 2.15. The molecule has 108 valence electrons. The zero-order valence-corrected chi connectivity index (χ0v) is 12.4. The van der Waals surface area contributed by atoms with E-state index in [4.69, 9.17) is 4.89 Å². The summed E-state index contributed by atoms with van der Waals surface area (Å²) in [4.78, 5) is 20.8. The average Bonchev–Trinajstić information content (AvgIpc) is 2.49. The van der Waals surface area contributed by atoms with Gasteiger partial charge in [-0.05, 0) is 27.8 Å². The molecule has 2 N–H and O–H groups in total. The van der Waals surface area contributed by atoms with E-state index in [-0.39, 0.29) is 5.78 Å². The molecule has 0 aliphatic rings. The second-order valence-electron chi connectivity index (χ2n) is 4.74. The van der Waals surface area contributed by atoms with Gasteiger partial charge in [-0.25, -0.2) is 0 Å². The van der Waals surface area contributed by atoms with Crippen LogP contribution in [0.15, 0.2) is 54.6 Å². The van der Waals surface area contributed by atoms with E-state index in [2.05, 4.69) is 5.32 Å². The minimum Gasteiger partial charge on any atom is -0.306 e. The summed E-state index contributed by atoms with van der Waals surface area (Å²) in [5.41, 5.74) is 1.99. The summed E-state index contributed by atoms with van der Waals surface area (Å²) in [5.74, 6) is 0.0899. The van der Waals surface area contributed by atoms with E-state index in [0.29, 0.717) is 24.8 Å². The molecule has 0 saturated heterocycles. The molecule has 21 heavy (non-hydrogen) atoms. The number of hydrogen-bond donors (Lipinski definition) is 2. The Morgan fingerprint density at radius 3 is 2.29 bits per heavy atom. The molecule has 0 radical (unpaired) electrons. The quantitative estimate of drug-likeness (QED) is 0.767. The lowest BCUT2D eigenvalue weighted by atomic mass is 10.1. The average molecular weight is 302 g/mol. The smallest absolute Gasteiger partial charge is 0.306 e. The van der Waals surface area contributed by atoms with E-state index in [0.717, 1.165) is 11.1 Å². The van der Waals surface area contributed by atoms with Gasteiger partial charge >= 0.3 is 8.03 Å². The van der Waals surface area contributed by atoms with Crippen molar-refractivity contribution in [3.63, 3.8) is 0 Å². The number of Topliss-reactive ketones (excluding diaryl/α,β-unsaturated/α-hetero) is 1. The Morgan fingerprint density at radius 2 is 1.67 bits per heavy atom. The van der Waals surface area contributed by atoms with Crippen LogP contribution in [-0.2, 0) is 22.3 Å². The lowest BCUT2D eigenvalue weighted by Gasteiger charge is -2.04. The highest BCUT2D eigenvalue weighted by molar-refractivity contribution is 7.47. The van der Waals surface area contributed by atoms with E-state index < -0.39 is 8.03 Å². The largest absolute Gasteiger partial charge is 0.546 e. The first-order valence-corrected chi connectivity index (χ1v) is 7.88. The number of ketones is 1. The Kier molecular flexibility index (Phi) is 5.76. The van der Waals surface area contributed by atoms with Crippen LogP contribution in [0, 0.1) is 0 Å². The second-order valence-corrected chi connectivity index (χ2v) is 5.81. The first-order chi connectivity index (χ1) is 10.1. The maximum atomic E-state index is 11.9. The third-order valence-electron chi connectivity index (χ3n) is 3.05. The van der Waals surface area contributed by atoms with Gasteiger partial charge in [0.15, 0.2) is 5.78 Å². The first kappa shape index (κ1) is 15.5. The van der Waals surface area contributed by atoms with Crippen LogP contribution in [0.2, 0.25) is 0 Å². The highest BCUT2D eigenvalue weighted by Crippen LogP contribution is 2.13. The molecule has 0 heterocycles. The van der Waals surface area contributed by atoms with Gasteiger partial charge in [0.2, 0.25) is 5.30 Å². The van der Waals surface area contributed by atoms with Crippen molar-refractivity contribution in [2.45, 2.75) is 13.0 Å². The topological polar surface area (TPSA) is 66.4 Å². The van der Waals surface area contributed by atoms with E-state index >= 15 is 0 Å². The van der Waals surface area contributed by atoms with Gasteiger partial charge in [0.1, 0.15) is 0 Å². The van der Waals surface area contributed by atoms with E-state index in [1.54, 1.807) is 24.3 Å². The van der Waals surface area contributed by atoms with Crippen molar-refractivity contribution in [3.8, 4) is 0 Å². The van der Waals surface area contributed by atoms with Crippen molar-refractivity contribution >= 4 is 19.1 Å². The Morgan fingerprint density at radius 1 is 1.00 bits per heavy atom. The van der Waals surface area contributed by atoms with Crippen molar-refractivity contribution in [1.82, 2.24) is 5.32 Å². The number of benzene rings is 2. The molecular weight excluding hydrogens is 285 g/mol. The molecule has 5 heteroatoms. The molecule has 0 spiro atoms. The summed E-state index contributed by atoms with van der Waals surface area (Å²) in [5, 5.41) is 3.49. The molecule has 2 rings (SSSR count). The minimum atomic E-state index is -2.31. The SMILES string of the molecule is O=C(CNCc1ccccc1)Cc1ccc([P+](=O)O)cc1. The van der Waals surface area contributed by atoms with Gasteiger partial charge in [0, 0.05) is 13.0 Å². The lowest BCUT2D eigenvalue weighted by molar-refractivity contribution is -0.117. The maximum Gasteiger partial charge on any atom is 0.546 e. The molecule has 2 aromatic rings. The fourth-order valence-electron chi connectivity index (χ4n) is 1.97. The van der Waals surface area contributed by atoms with Crippen LogP contribution < -0.4 is 10.6 Å². The summed E-state index contributed by atoms with van der Waals surface area (Å²) in [6, 6.07) is 16.5. The van der Waals surface area contributed by atoms with Crippen molar-refractivity contribution in [2.75, 3.05) is 6.54 Å². The molecule has 0 bridgehead atoms. The van der Waals surface area contributed by atoms with Crippen molar-refractivity contribution in [1.29, 1.82) is 0 Å². The highest BCUT2D eigenvalue weighted by atomic mass is 31.1. The van der Waals surface area contributed by atoms with Crippen LogP contribution in [-0.4, -0.2) is 17.2 Å². The third kappa shape index (κ3) is 5.20. The van der Waals surface area contributed by atoms with Crippen LogP contribution in [0.5, 0.6) is 0 Å². The molecule has 2 aromatic carbocycles. The summed E-state index contributed by atoms with van der Waals surface area (Å²) in [7, 11) is -2.31. The Hall–Kier alpha value is -1.87. The van der Waals surface area contributed by atoms with Crippen molar-refractivity contribution < 1.29 is 14.3 Å². The number of rotatable bonds is 7. The van der Waals surface area contributed by atoms with Gasteiger partial charge in [-0.3, -0.25) is 4.79 Å². The summed E-state index contributed by atoms with van der Waals surface area (Å²) in [6.07, 6.45) is 0.324. The molecular formula is C16H17NO3P+. The van der Waals surface area contributed by atoms with Crippen LogP contribution in [0.1, 0.15) is 11.1 Å². The molecule has 0 amide bonds. The summed E-state index contributed by atoms with van der Waals surface area (Å²) in [6.45, 7) is 0.974. The standard InChI is InChI=1S/C16H16NO3P/c18-15(12-17-11-14-4-2-1-3-5-14)10-13-6-8-16(9-7-13)21(19)20/h1-9,17H,10-12H2/p+1. The molecule has 4 nitrogen and oxygen atoms in total. The Labute approximate surface area is 124 Å². The van der Waals surface area contributed by atoms with Crippen LogP contribution in [0.4, 0.5) is 0 Å². The van der Waals surface area contributed by atoms with E-state index in [1.165, 1.54) is 0 Å². The van der Waals surface area contributed by atoms with Gasteiger partial charge in [-0.15, -0.1) is 0 Å².